The molecule has 1 unspecified atom stereocenters. The molecular formula is C14H20N2O2. The smallest absolute Gasteiger partial charge is 0.174 e. The maximum Gasteiger partial charge on any atom is 0.174 e. The fraction of sp³-hybridized carbons (Fsp3) is 0.500. The van der Waals surface area contributed by atoms with Crippen molar-refractivity contribution in [3.8, 4) is 11.8 Å². The van der Waals surface area contributed by atoms with E-state index in [1.807, 2.05) is 37.3 Å². The Morgan fingerprint density at radius 2 is 2.33 bits per heavy atom. The van der Waals surface area contributed by atoms with Crippen molar-refractivity contribution in [2.45, 2.75) is 32.4 Å². The van der Waals surface area contributed by atoms with E-state index in [0.717, 1.165) is 31.5 Å². The Hall–Kier alpha value is -1.57. The van der Waals surface area contributed by atoms with Crippen molar-refractivity contribution in [1.82, 2.24) is 5.32 Å². The van der Waals surface area contributed by atoms with E-state index in [2.05, 4.69) is 5.32 Å². The van der Waals surface area contributed by atoms with E-state index in [-0.39, 0.29) is 12.7 Å². The molecule has 0 spiro atoms. The first-order valence-electron chi connectivity index (χ1n) is 6.23. The van der Waals surface area contributed by atoms with Gasteiger partial charge in [-0.15, -0.1) is 0 Å². The Labute approximate surface area is 108 Å². The van der Waals surface area contributed by atoms with Crippen molar-refractivity contribution >= 4 is 0 Å². The molecule has 0 aliphatic carbocycles. The van der Waals surface area contributed by atoms with Gasteiger partial charge in [-0.1, -0.05) is 19.1 Å². The summed E-state index contributed by atoms with van der Waals surface area (Å²) in [5.41, 5.74) is 1.11. The molecule has 0 amide bonds. The molecule has 0 heterocycles. The highest BCUT2D eigenvalue weighted by Gasteiger charge is 2.00. The quantitative estimate of drug-likeness (QED) is 0.689. The summed E-state index contributed by atoms with van der Waals surface area (Å²) in [5, 5.41) is 21.1. The van der Waals surface area contributed by atoms with Crippen LogP contribution in [0.15, 0.2) is 24.3 Å². The largest absolute Gasteiger partial charge is 0.479 e. The Morgan fingerprint density at radius 1 is 1.50 bits per heavy atom. The topological polar surface area (TPSA) is 65.3 Å². The number of nitriles is 1. The van der Waals surface area contributed by atoms with Crippen LogP contribution in [0, 0.1) is 11.3 Å². The van der Waals surface area contributed by atoms with E-state index in [4.69, 9.17) is 10.00 Å². The highest BCUT2D eigenvalue weighted by atomic mass is 16.5. The molecule has 1 aromatic rings. The summed E-state index contributed by atoms with van der Waals surface area (Å²) in [6.45, 7) is 3.57. The predicted molar refractivity (Wildman–Crippen MR) is 70.2 cm³/mol. The lowest BCUT2D eigenvalue weighted by molar-refractivity contribution is 0.159. The summed E-state index contributed by atoms with van der Waals surface area (Å²) in [4.78, 5) is 0. The average molecular weight is 248 g/mol. The van der Waals surface area contributed by atoms with Crippen molar-refractivity contribution < 1.29 is 9.84 Å². The van der Waals surface area contributed by atoms with E-state index >= 15 is 0 Å². The van der Waals surface area contributed by atoms with Gasteiger partial charge in [0.1, 0.15) is 11.8 Å². The molecule has 0 aliphatic heterocycles. The zero-order chi connectivity index (χ0) is 13.2. The number of aliphatic hydroxyl groups is 1. The first-order chi connectivity index (χ1) is 8.76. The minimum Gasteiger partial charge on any atom is -0.479 e. The maximum absolute atomic E-state index is 9.41. The van der Waals surface area contributed by atoms with Gasteiger partial charge in [0.2, 0.25) is 0 Å². The molecule has 1 rings (SSSR count). The summed E-state index contributed by atoms with van der Waals surface area (Å²) in [5.74, 6) is 0.712. The molecule has 98 valence electrons. The van der Waals surface area contributed by atoms with Crippen LogP contribution in [0.5, 0.6) is 5.75 Å². The predicted octanol–water partition coefficient (Wildman–Crippen LogP) is 1.84. The average Bonchev–Trinajstić information content (AvgIpc) is 2.41. The van der Waals surface area contributed by atoms with Gasteiger partial charge in [0.25, 0.3) is 0 Å². The van der Waals surface area contributed by atoms with Gasteiger partial charge >= 0.3 is 0 Å². The van der Waals surface area contributed by atoms with Gasteiger partial charge in [-0.05, 0) is 37.1 Å². The molecule has 1 atom stereocenters. The molecule has 18 heavy (non-hydrogen) atoms. The molecule has 2 N–H and O–H groups in total. The van der Waals surface area contributed by atoms with Gasteiger partial charge < -0.3 is 15.2 Å². The molecule has 0 saturated heterocycles. The van der Waals surface area contributed by atoms with Crippen molar-refractivity contribution in [1.29, 1.82) is 5.26 Å². The number of nitrogens with one attached hydrogen (secondary N) is 1. The summed E-state index contributed by atoms with van der Waals surface area (Å²) in [7, 11) is 0. The first-order valence-corrected chi connectivity index (χ1v) is 6.23. The lowest BCUT2D eigenvalue weighted by Gasteiger charge is -2.09. The molecule has 0 bridgehead atoms. The second-order valence-electron chi connectivity index (χ2n) is 4.12. The van der Waals surface area contributed by atoms with E-state index in [1.54, 1.807) is 0 Å². The molecule has 0 aromatic heterocycles. The number of ether oxygens (including phenoxy) is 1. The molecule has 0 aliphatic rings. The van der Waals surface area contributed by atoms with Crippen LogP contribution >= 0.6 is 0 Å². The Bertz CT molecular complexity index is 388. The van der Waals surface area contributed by atoms with Crippen LogP contribution in [0.1, 0.15) is 25.3 Å². The van der Waals surface area contributed by atoms with Crippen molar-refractivity contribution in [2.75, 3.05) is 13.2 Å². The fourth-order valence-electron chi connectivity index (χ4n) is 1.57. The third kappa shape index (κ3) is 5.67. The van der Waals surface area contributed by atoms with Gasteiger partial charge in [-0.2, -0.15) is 5.26 Å². The fourth-order valence-corrected chi connectivity index (χ4v) is 1.57. The molecule has 1 aromatic carbocycles. The third-order valence-electron chi connectivity index (χ3n) is 2.66. The van der Waals surface area contributed by atoms with Crippen LogP contribution in [0.3, 0.4) is 0 Å². The SMILES string of the molecule is CCC(O)CCNCc1cccc(OCC#N)c1. The second kappa shape index (κ2) is 8.51. The highest BCUT2D eigenvalue weighted by Crippen LogP contribution is 2.12. The van der Waals surface area contributed by atoms with E-state index in [0.29, 0.717) is 5.75 Å². The van der Waals surface area contributed by atoms with Gasteiger partial charge in [0.05, 0.1) is 6.10 Å². The summed E-state index contributed by atoms with van der Waals surface area (Å²) < 4.78 is 5.23. The number of hydrogen-bond acceptors (Lipinski definition) is 4. The number of aliphatic hydroxyl groups excluding tert-OH is 1. The number of hydrogen-bond donors (Lipinski definition) is 2. The lowest BCUT2D eigenvalue weighted by Crippen LogP contribution is -2.19. The summed E-state index contributed by atoms with van der Waals surface area (Å²) in [6, 6.07) is 9.60. The molecular weight excluding hydrogens is 228 g/mol. The zero-order valence-corrected chi connectivity index (χ0v) is 10.7. The van der Waals surface area contributed by atoms with E-state index < -0.39 is 0 Å². The van der Waals surface area contributed by atoms with Crippen LogP contribution in [0.2, 0.25) is 0 Å². The summed E-state index contributed by atoms with van der Waals surface area (Å²) >= 11 is 0. The number of benzene rings is 1. The monoisotopic (exact) mass is 248 g/mol. The molecule has 4 nitrogen and oxygen atoms in total. The maximum atomic E-state index is 9.41. The lowest BCUT2D eigenvalue weighted by atomic mass is 10.2. The van der Waals surface area contributed by atoms with E-state index in [9.17, 15) is 5.11 Å². The van der Waals surface area contributed by atoms with Crippen LogP contribution < -0.4 is 10.1 Å². The zero-order valence-electron chi connectivity index (χ0n) is 10.7. The normalized spacial score (nSPS) is 11.8. The minimum absolute atomic E-state index is 0.0690. The number of nitrogens with zero attached hydrogens (tertiary/aromatic N) is 1. The van der Waals surface area contributed by atoms with Crippen molar-refractivity contribution in [2.24, 2.45) is 0 Å². The Balaban J connectivity index is 2.31. The van der Waals surface area contributed by atoms with Gasteiger partial charge in [-0.25, -0.2) is 0 Å². The molecule has 0 saturated carbocycles. The van der Waals surface area contributed by atoms with E-state index in [1.165, 1.54) is 0 Å². The Kier molecular flexibility index (Phi) is 6.85. The van der Waals surface area contributed by atoms with Gasteiger partial charge in [0.15, 0.2) is 6.61 Å². The Morgan fingerprint density at radius 3 is 3.06 bits per heavy atom. The van der Waals surface area contributed by atoms with Gasteiger partial charge in [-0.3, -0.25) is 0 Å². The summed E-state index contributed by atoms with van der Waals surface area (Å²) in [6.07, 6.45) is 1.34. The third-order valence-corrected chi connectivity index (χ3v) is 2.66. The van der Waals surface area contributed by atoms with Crippen LogP contribution in [-0.4, -0.2) is 24.4 Å². The molecule has 4 heteroatoms. The van der Waals surface area contributed by atoms with Crippen molar-refractivity contribution in [3.05, 3.63) is 29.8 Å². The van der Waals surface area contributed by atoms with Crippen LogP contribution in [0.4, 0.5) is 0 Å². The highest BCUT2D eigenvalue weighted by molar-refractivity contribution is 5.28. The molecule has 0 fully saturated rings. The van der Waals surface area contributed by atoms with Crippen LogP contribution in [0.25, 0.3) is 0 Å². The standard InChI is InChI=1S/C14H20N2O2/c1-2-13(17)6-8-16-11-12-4-3-5-14(10-12)18-9-7-15/h3-5,10,13,16-17H,2,6,8-9,11H2,1H3. The van der Waals surface area contributed by atoms with Crippen LogP contribution in [-0.2, 0) is 6.54 Å². The van der Waals surface area contributed by atoms with Crippen molar-refractivity contribution in [3.63, 3.8) is 0 Å². The minimum atomic E-state index is -0.220. The number of rotatable bonds is 8. The molecule has 0 radical (unpaired) electrons. The first kappa shape index (κ1) is 14.5. The van der Waals surface area contributed by atoms with Gasteiger partial charge in [0, 0.05) is 6.54 Å². The second-order valence-corrected chi connectivity index (χ2v) is 4.12.